The first kappa shape index (κ1) is 7.37. The van der Waals surface area contributed by atoms with Gasteiger partial charge in [-0.25, -0.2) is 4.21 Å². The molecule has 0 amide bonds. The molecule has 0 heterocycles. The molecule has 0 saturated carbocycles. The zero-order valence-corrected chi connectivity index (χ0v) is 6.51. The predicted octanol–water partition coefficient (Wildman–Crippen LogP) is 1.52. The highest BCUT2D eigenvalue weighted by atomic mass is 79.9. The molecule has 0 spiro atoms. The summed E-state index contributed by atoms with van der Waals surface area (Å²) in [6, 6.07) is 0. The molecule has 0 aromatic carbocycles. The highest BCUT2D eigenvalue weighted by Crippen LogP contribution is 1.94. The van der Waals surface area contributed by atoms with Crippen molar-refractivity contribution in [3.8, 4) is 0 Å². The van der Waals surface area contributed by atoms with Gasteiger partial charge in [-0.3, -0.25) is 0 Å². The van der Waals surface area contributed by atoms with Crippen LogP contribution in [0.25, 0.3) is 0 Å². The quantitative estimate of drug-likeness (QED) is 0.468. The van der Waals surface area contributed by atoms with Gasteiger partial charge in [0.15, 0.2) is 0 Å². The van der Waals surface area contributed by atoms with Crippen molar-refractivity contribution in [1.29, 1.82) is 0 Å². The third-order valence-electron chi connectivity index (χ3n) is 0.537. The van der Waals surface area contributed by atoms with Crippen LogP contribution in [-0.2, 0) is 11.3 Å². The van der Waals surface area contributed by atoms with Crippen molar-refractivity contribution in [3.05, 3.63) is 0 Å². The topological polar surface area (TPSA) is 17.1 Å². The molecule has 0 radical (unpaired) electrons. The second-order valence-corrected chi connectivity index (χ2v) is 3.33. The van der Waals surface area contributed by atoms with Gasteiger partial charge < -0.3 is 0 Å². The fourth-order valence-corrected chi connectivity index (χ4v) is 0.922. The SMILES string of the molecule is CCCC(Br)=S=O. The average Bonchev–Trinajstić information content (AvgIpc) is 1.68. The first-order valence-electron chi connectivity index (χ1n) is 2.12. The highest BCUT2D eigenvalue weighted by Gasteiger charge is 1.85. The van der Waals surface area contributed by atoms with Crippen LogP contribution in [0, 0.1) is 0 Å². The summed E-state index contributed by atoms with van der Waals surface area (Å²) in [4.78, 5) is 0. The van der Waals surface area contributed by atoms with Gasteiger partial charge in [0.05, 0.1) is 15.0 Å². The van der Waals surface area contributed by atoms with Crippen molar-refractivity contribution in [2.75, 3.05) is 0 Å². The zero-order chi connectivity index (χ0) is 5.70. The van der Waals surface area contributed by atoms with Crippen molar-refractivity contribution >= 4 is 31.0 Å². The molecule has 0 fully saturated rings. The smallest absolute Gasteiger partial charge is 0.0996 e. The van der Waals surface area contributed by atoms with Crippen molar-refractivity contribution in [2.24, 2.45) is 0 Å². The molecule has 0 unspecified atom stereocenters. The van der Waals surface area contributed by atoms with Crippen LogP contribution >= 0.6 is 15.9 Å². The minimum atomic E-state index is 0.533. The Morgan fingerprint density at radius 1 is 1.86 bits per heavy atom. The normalized spacial score (nSPS) is 8.29. The Labute approximate surface area is 55.3 Å². The van der Waals surface area contributed by atoms with Gasteiger partial charge in [0.2, 0.25) is 0 Å². The molecule has 3 heteroatoms. The summed E-state index contributed by atoms with van der Waals surface area (Å²) < 4.78 is 10.7. The lowest BCUT2D eigenvalue weighted by Crippen LogP contribution is -1.80. The van der Waals surface area contributed by atoms with Crippen molar-refractivity contribution in [3.63, 3.8) is 0 Å². The van der Waals surface area contributed by atoms with E-state index < -0.39 is 0 Å². The van der Waals surface area contributed by atoms with E-state index in [1.165, 1.54) is 0 Å². The van der Waals surface area contributed by atoms with Crippen molar-refractivity contribution in [1.82, 2.24) is 0 Å². The van der Waals surface area contributed by atoms with Gasteiger partial charge in [-0.2, -0.15) is 0 Å². The Bertz CT molecular complexity index is 95.9. The standard InChI is InChI=1S/C4H7BrOS/c1-2-3-4(5)7-6/h2-3H2,1H3. The Morgan fingerprint density at radius 3 is 2.57 bits per heavy atom. The van der Waals surface area contributed by atoms with Crippen LogP contribution in [0.3, 0.4) is 0 Å². The van der Waals surface area contributed by atoms with Crippen LogP contribution in [-0.4, -0.2) is 7.98 Å². The summed E-state index contributed by atoms with van der Waals surface area (Å²) in [5.41, 5.74) is 0. The molecule has 0 aromatic heterocycles. The van der Waals surface area contributed by atoms with Crippen molar-refractivity contribution in [2.45, 2.75) is 19.8 Å². The van der Waals surface area contributed by atoms with Crippen LogP contribution in [0.4, 0.5) is 0 Å². The van der Waals surface area contributed by atoms with Gasteiger partial charge in [-0.15, -0.1) is 0 Å². The number of halogens is 1. The van der Waals surface area contributed by atoms with E-state index in [9.17, 15) is 4.21 Å². The molecule has 1 nitrogen and oxygen atoms in total. The van der Waals surface area contributed by atoms with E-state index in [0.717, 1.165) is 16.6 Å². The van der Waals surface area contributed by atoms with Crippen LogP contribution < -0.4 is 0 Å². The summed E-state index contributed by atoms with van der Waals surface area (Å²) >= 11 is 3.64. The number of hydrogen-bond donors (Lipinski definition) is 0. The molecule has 0 saturated heterocycles. The summed E-state index contributed by atoms with van der Waals surface area (Å²) in [7, 11) is 0. The maximum absolute atomic E-state index is 9.85. The fraction of sp³-hybridized carbons (Fsp3) is 0.750. The average molecular weight is 183 g/mol. The van der Waals surface area contributed by atoms with Gasteiger partial charge in [0.25, 0.3) is 0 Å². The first-order valence-corrected chi connectivity index (χ1v) is 3.66. The lowest BCUT2D eigenvalue weighted by atomic mass is 10.4. The van der Waals surface area contributed by atoms with Gasteiger partial charge in [0.1, 0.15) is 0 Å². The maximum atomic E-state index is 9.85. The molecule has 0 aliphatic carbocycles. The van der Waals surface area contributed by atoms with E-state index in [2.05, 4.69) is 15.9 Å². The summed E-state index contributed by atoms with van der Waals surface area (Å²) in [5.74, 6) is 0. The van der Waals surface area contributed by atoms with Crippen molar-refractivity contribution < 1.29 is 4.21 Å². The summed E-state index contributed by atoms with van der Waals surface area (Å²) in [6.45, 7) is 2.04. The van der Waals surface area contributed by atoms with Gasteiger partial charge in [0, 0.05) is 0 Å². The van der Waals surface area contributed by atoms with E-state index in [-0.39, 0.29) is 0 Å². The third kappa shape index (κ3) is 4.22. The van der Waals surface area contributed by atoms with E-state index >= 15 is 0 Å². The minimum absolute atomic E-state index is 0.533. The Hall–Kier alpha value is 0.370. The monoisotopic (exact) mass is 182 g/mol. The highest BCUT2D eigenvalue weighted by molar-refractivity contribution is 9.19. The molecular weight excluding hydrogens is 176 g/mol. The van der Waals surface area contributed by atoms with E-state index in [1.807, 2.05) is 6.92 Å². The third-order valence-corrected chi connectivity index (χ3v) is 1.71. The van der Waals surface area contributed by atoms with Gasteiger partial charge in [-0.1, -0.05) is 13.3 Å². The van der Waals surface area contributed by atoms with E-state index in [0.29, 0.717) is 11.3 Å². The van der Waals surface area contributed by atoms with Gasteiger partial charge >= 0.3 is 0 Å². The first-order chi connectivity index (χ1) is 3.31. The molecule has 0 aliphatic rings. The van der Waals surface area contributed by atoms with Crippen LogP contribution in [0.5, 0.6) is 0 Å². The molecular formula is C4H7BrOS. The Morgan fingerprint density at radius 2 is 2.43 bits per heavy atom. The second kappa shape index (κ2) is 4.53. The van der Waals surface area contributed by atoms with E-state index in [4.69, 9.17) is 0 Å². The molecule has 0 aliphatic heterocycles. The Kier molecular flexibility index (Phi) is 4.77. The lowest BCUT2D eigenvalue weighted by Gasteiger charge is -1.82. The zero-order valence-electron chi connectivity index (χ0n) is 4.11. The molecule has 42 valence electrons. The fourth-order valence-electron chi connectivity index (χ4n) is 0.238. The summed E-state index contributed by atoms with van der Waals surface area (Å²) in [5, 5.41) is 0. The van der Waals surface area contributed by atoms with Crippen LogP contribution in [0.2, 0.25) is 0 Å². The van der Waals surface area contributed by atoms with Gasteiger partial charge in [-0.05, 0) is 22.4 Å². The molecule has 7 heavy (non-hydrogen) atoms. The number of hydrogen-bond acceptors (Lipinski definition) is 1. The minimum Gasteiger partial charge on any atom is -0.212 e. The molecule has 0 rings (SSSR count). The lowest BCUT2D eigenvalue weighted by molar-refractivity contribution is 0.701. The molecule has 0 bridgehead atoms. The van der Waals surface area contributed by atoms with E-state index in [1.54, 1.807) is 0 Å². The largest absolute Gasteiger partial charge is 0.212 e. The molecule has 0 aromatic rings. The molecule has 0 atom stereocenters. The van der Waals surface area contributed by atoms with Crippen LogP contribution in [0.15, 0.2) is 0 Å². The maximum Gasteiger partial charge on any atom is 0.0996 e. The van der Waals surface area contributed by atoms with Crippen LogP contribution in [0.1, 0.15) is 19.8 Å². The second-order valence-electron chi connectivity index (χ2n) is 1.19. The predicted molar refractivity (Wildman–Crippen MR) is 37.0 cm³/mol. The summed E-state index contributed by atoms with van der Waals surface area (Å²) in [6.07, 6.45) is 1.92. The Balaban J connectivity index is 3.37. The number of rotatable bonds is 2. The molecule has 0 N–H and O–H groups in total.